The molecule has 0 spiro atoms. The minimum atomic E-state index is -5.15. The van der Waals surface area contributed by atoms with E-state index >= 15 is 0 Å². The number of aromatic nitrogens is 1. The van der Waals surface area contributed by atoms with Crippen molar-refractivity contribution >= 4 is 11.8 Å². The van der Waals surface area contributed by atoms with Crippen molar-refractivity contribution < 1.29 is 36.2 Å². The van der Waals surface area contributed by atoms with Crippen molar-refractivity contribution in [2.24, 2.45) is 0 Å². The number of amides is 1. The minimum absolute atomic E-state index is 0.0305. The summed E-state index contributed by atoms with van der Waals surface area (Å²) in [6, 6.07) is 15.9. The summed E-state index contributed by atoms with van der Waals surface area (Å²) in [6.07, 6.45) is -6.12. The number of alkyl halides is 3. The number of carbonyl (C=O) groups is 1. The second-order valence-corrected chi connectivity index (χ2v) is 10.8. The number of ether oxygens (including phenoxy) is 2. The summed E-state index contributed by atoms with van der Waals surface area (Å²) in [6.45, 7) is 5.89. The molecule has 7 nitrogen and oxygen atoms in total. The molecule has 0 fully saturated rings. The Labute approximate surface area is 255 Å². The van der Waals surface area contributed by atoms with Crippen LogP contribution in [0, 0.1) is 23.0 Å². The molecule has 1 N–H and O–H groups in total. The lowest BCUT2D eigenvalue weighted by Gasteiger charge is -2.25. The number of pyridine rings is 1. The zero-order chi connectivity index (χ0) is 33.1. The van der Waals surface area contributed by atoms with Gasteiger partial charge in [-0.25, -0.2) is 13.6 Å². The van der Waals surface area contributed by atoms with E-state index in [1.54, 1.807) is 58.0 Å². The summed E-state index contributed by atoms with van der Waals surface area (Å²) in [5, 5.41) is 12.2. The molecule has 0 aliphatic rings. The van der Waals surface area contributed by atoms with Gasteiger partial charge in [0, 0.05) is 17.2 Å². The van der Waals surface area contributed by atoms with Gasteiger partial charge >= 0.3 is 12.3 Å². The number of nitrogens with zero attached hydrogens (tertiary/aromatic N) is 2. The Morgan fingerprint density at radius 2 is 1.69 bits per heavy atom. The molecule has 45 heavy (non-hydrogen) atoms. The maximum absolute atomic E-state index is 14.9. The minimum Gasteiger partial charge on any atom is -0.492 e. The van der Waals surface area contributed by atoms with Crippen LogP contribution in [0.5, 0.6) is 5.75 Å². The van der Waals surface area contributed by atoms with E-state index < -0.39 is 58.4 Å². The highest BCUT2D eigenvalue weighted by atomic mass is 19.4. The highest BCUT2D eigenvalue weighted by Crippen LogP contribution is 2.45. The number of nitrogens with one attached hydrogen (secondary N) is 1. The molecular weight excluding hydrogens is 597 g/mol. The molecule has 4 rings (SSSR count). The van der Waals surface area contributed by atoms with E-state index in [4.69, 9.17) is 9.47 Å². The Balaban J connectivity index is 2.19. The van der Waals surface area contributed by atoms with E-state index in [1.807, 2.05) is 0 Å². The molecule has 1 heterocycles. The van der Waals surface area contributed by atoms with Crippen molar-refractivity contribution in [3.05, 3.63) is 105 Å². The topological polar surface area (TPSA) is 93.4 Å². The van der Waals surface area contributed by atoms with Crippen molar-refractivity contribution in [1.29, 1.82) is 5.26 Å². The Hall–Kier alpha value is -5.18. The maximum Gasteiger partial charge on any atom is 0.417 e. The van der Waals surface area contributed by atoms with Crippen molar-refractivity contribution in [2.75, 3.05) is 11.9 Å². The van der Waals surface area contributed by atoms with Crippen LogP contribution in [0.3, 0.4) is 0 Å². The number of anilines is 1. The molecule has 4 aromatic rings. The molecule has 3 aromatic carbocycles. The molecule has 0 aliphatic heterocycles. The van der Waals surface area contributed by atoms with Gasteiger partial charge in [-0.2, -0.15) is 18.4 Å². The summed E-state index contributed by atoms with van der Waals surface area (Å²) in [5.41, 5.74) is -5.28. The summed E-state index contributed by atoms with van der Waals surface area (Å²) < 4.78 is 83.7. The second-order valence-electron chi connectivity index (χ2n) is 10.8. The first-order chi connectivity index (χ1) is 21.1. The summed E-state index contributed by atoms with van der Waals surface area (Å²) in [7, 11) is 0. The smallest absolute Gasteiger partial charge is 0.417 e. The lowest BCUT2D eigenvalue weighted by Crippen LogP contribution is -2.30. The van der Waals surface area contributed by atoms with Crippen LogP contribution >= 0.6 is 0 Å². The fourth-order valence-corrected chi connectivity index (χ4v) is 4.68. The Morgan fingerprint density at radius 3 is 2.27 bits per heavy atom. The molecule has 0 unspecified atom stereocenters. The third-order valence-electron chi connectivity index (χ3n) is 6.49. The molecule has 234 valence electrons. The SMILES string of the molecule is CCOc1ccc(-c2ccccc2)c(-c2cc(C(F)(F)F)c(C#N)c(=O)n2Cc2ccc(F)cc2F)c1NC(=O)OC(C)(C)C. The quantitative estimate of drug-likeness (QED) is 0.209. The Kier molecular flexibility index (Phi) is 9.32. The van der Waals surface area contributed by atoms with Gasteiger partial charge in [-0.05, 0) is 63.1 Å². The average Bonchev–Trinajstić information content (AvgIpc) is 2.95. The number of rotatable bonds is 7. The second kappa shape index (κ2) is 12.8. The number of halogens is 5. The molecule has 1 aromatic heterocycles. The average molecular weight is 626 g/mol. The first-order valence-corrected chi connectivity index (χ1v) is 13.7. The zero-order valence-corrected chi connectivity index (χ0v) is 24.7. The summed E-state index contributed by atoms with van der Waals surface area (Å²) in [5.74, 6) is -1.94. The van der Waals surface area contributed by atoms with Crippen LogP contribution in [0.4, 0.5) is 32.4 Å². The van der Waals surface area contributed by atoms with Gasteiger partial charge in [-0.3, -0.25) is 10.1 Å². The summed E-state index contributed by atoms with van der Waals surface area (Å²) >= 11 is 0. The van der Waals surface area contributed by atoms with Gasteiger partial charge in [0.05, 0.1) is 30.1 Å². The molecule has 0 bridgehead atoms. The molecule has 12 heteroatoms. The van der Waals surface area contributed by atoms with Crippen LogP contribution in [-0.2, 0) is 17.5 Å². The Bertz CT molecular complexity index is 1840. The van der Waals surface area contributed by atoms with Crippen LogP contribution in [0.15, 0.2) is 71.5 Å². The molecule has 0 saturated carbocycles. The third kappa shape index (κ3) is 7.32. The molecular formula is C33H28F5N3O4. The molecule has 0 radical (unpaired) electrons. The number of hydrogen-bond acceptors (Lipinski definition) is 5. The van der Waals surface area contributed by atoms with Gasteiger partial charge in [0.15, 0.2) is 0 Å². The van der Waals surface area contributed by atoms with E-state index in [2.05, 4.69) is 5.32 Å². The highest BCUT2D eigenvalue weighted by Gasteiger charge is 2.37. The van der Waals surface area contributed by atoms with Gasteiger partial charge in [0.2, 0.25) is 0 Å². The predicted molar refractivity (Wildman–Crippen MR) is 158 cm³/mol. The van der Waals surface area contributed by atoms with E-state index in [9.17, 15) is 36.8 Å². The predicted octanol–water partition coefficient (Wildman–Crippen LogP) is 8.14. The van der Waals surface area contributed by atoms with Crippen LogP contribution in [0.2, 0.25) is 0 Å². The van der Waals surface area contributed by atoms with Crippen LogP contribution in [0.1, 0.15) is 44.4 Å². The van der Waals surface area contributed by atoms with E-state index in [-0.39, 0.29) is 34.7 Å². The molecule has 1 amide bonds. The zero-order valence-electron chi connectivity index (χ0n) is 24.7. The van der Waals surface area contributed by atoms with Crippen molar-refractivity contribution in [2.45, 2.75) is 46.0 Å². The van der Waals surface area contributed by atoms with E-state index in [1.165, 1.54) is 18.2 Å². The number of benzene rings is 3. The highest BCUT2D eigenvalue weighted by molar-refractivity contribution is 6.00. The molecule has 0 aliphatic carbocycles. The van der Waals surface area contributed by atoms with Gasteiger partial charge in [-0.15, -0.1) is 0 Å². The van der Waals surface area contributed by atoms with Crippen molar-refractivity contribution in [3.8, 4) is 34.2 Å². The number of nitriles is 1. The Morgan fingerprint density at radius 1 is 1.00 bits per heavy atom. The van der Waals surface area contributed by atoms with Gasteiger partial charge in [0.1, 0.15) is 34.6 Å². The fourth-order valence-electron chi connectivity index (χ4n) is 4.68. The maximum atomic E-state index is 14.9. The van der Waals surface area contributed by atoms with Crippen LogP contribution in [-0.4, -0.2) is 22.9 Å². The van der Waals surface area contributed by atoms with Crippen LogP contribution in [0.25, 0.3) is 22.4 Å². The number of carbonyl (C=O) groups excluding carboxylic acids is 1. The lowest BCUT2D eigenvalue weighted by atomic mass is 9.93. The number of hydrogen-bond donors (Lipinski definition) is 1. The van der Waals surface area contributed by atoms with Gasteiger partial charge < -0.3 is 14.0 Å². The lowest BCUT2D eigenvalue weighted by molar-refractivity contribution is -0.137. The standard InChI is InChI=1S/C33H28F5N3O4/c1-5-44-27-14-13-22(19-9-7-6-8-10-19)28(29(27)40-31(43)45-32(2,3)4)26-16-24(33(36,37)38)23(17-39)30(42)41(26)18-20-11-12-21(34)15-25(20)35/h6-16H,5,18H2,1-4H3,(H,40,43). The largest absolute Gasteiger partial charge is 0.492 e. The van der Waals surface area contributed by atoms with Crippen molar-refractivity contribution in [1.82, 2.24) is 4.57 Å². The first kappa shape index (κ1) is 32.7. The fraction of sp³-hybridized carbons (Fsp3) is 0.242. The van der Waals surface area contributed by atoms with Gasteiger partial charge in [0.25, 0.3) is 5.56 Å². The summed E-state index contributed by atoms with van der Waals surface area (Å²) in [4.78, 5) is 26.8. The van der Waals surface area contributed by atoms with Gasteiger partial charge in [-0.1, -0.05) is 36.4 Å². The first-order valence-electron chi connectivity index (χ1n) is 13.7. The van der Waals surface area contributed by atoms with E-state index in [0.29, 0.717) is 17.7 Å². The normalized spacial score (nSPS) is 11.6. The van der Waals surface area contributed by atoms with Crippen molar-refractivity contribution in [3.63, 3.8) is 0 Å². The van der Waals surface area contributed by atoms with Crippen LogP contribution < -0.4 is 15.6 Å². The van der Waals surface area contributed by atoms with E-state index in [0.717, 1.165) is 16.7 Å². The monoisotopic (exact) mass is 625 g/mol. The molecule has 0 saturated heterocycles. The third-order valence-corrected chi connectivity index (χ3v) is 6.49. The molecule has 0 atom stereocenters.